The van der Waals surface area contributed by atoms with Crippen molar-refractivity contribution < 1.29 is 5.11 Å². The molecule has 0 aliphatic carbocycles. The first-order valence-corrected chi connectivity index (χ1v) is 5.85. The number of para-hydroxylation sites is 1. The van der Waals surface area contributed by atoms with Gasteiger partial charge in [0.15, 0.2) is 0 Å². The van der Waals surface area contributed by atoms with Crippen LogP contribution in [0.4, 0.5) is 5.69 Å². The summed E-state index contributed by atoms with van der Waals surface area (Å²) in [7, 11) is 0. The number of hydrogen-bond donors (Lipinski definition) is 2. The molecule has 1 unspecified atom stereocenters. The lowest BCUT2D eigenvalue weighted by atomic mass is 9.90. The van der Waals surface area contributed by atoms with Crippen LogP contribution < -0.4 is 10.6 Å². The Morgan fingerprint density at radius 1 is 1.44 bits per heavy atom. The Bertz CT molecular complexity index is 367. The Morgan fingerprint density at radius 3 is 2.88 bits per heavy atom. The van der Waals surface area contributed by atoms with Crippen LogP contribution in [0, 0.1) is 6.92 Å². The highest BCUT2D eigenvalue weighted by Gasteiger charge is 2.31. The minimum atomic E-state index is -0.430. The molecule has 0 bridgehead atoms. The average Bonchev–Trinajstić information content (AvgIpc) is 2.30. The zero-order chi connectivity index (χ0) is 11.6. The van der Waals surface area contributed by atoms with Gasteiger partial charge in [0.1, 0.15) is 0 Å². The molecule has 0 spiro atoms. The quantitative estimate of drug-likeness (QED) is 0.789. The molecule has 1 aromatic carbocycles. The van der Waals surface area contributed by atoms with E-state index in [1.807, 2.05) is 12.1 Å². The molecule has 1 aliphatic rings. The van der Waals surface area contributed by atoms with Gasteiger partial charge < -0.3 is 15.7 Å². The lowest BCUT2D eigenvalue weighted by molar-refractivity contribution is 0.177. The summed E-state index contributed by atoms with van der Waals surface area (Å²) in [5.41, 5.74) is 8.22. The maximum atomic E-state index is 9.33. The van der Waals surface area contributed by atoms with Crippen molar-refractivity contribution in [3.8, 4) is 0 Å². The number of benzene rings is 1. The fourth-order valence-corrected chi connectivity index (χ4v) is 2.41. The van der Waals surface area contributed by atoms with Crippen molar-refractivity contribution >= 4 is 5.69 Å². The van der Waals surface area contributed by atoms with E-state index >= 15 is 0 Å². The highest BCUT2D eigenvalue weighted by molar-refractivity contribution is 5.53. The predicted octanol–water partition coefficient (Wildman–Crippen LogP) is 1.29. The normalized spacial score (nSPS) is 25.8. The fourth-order valence-electron chi connectivity index (χ4n) is 2.41. The molecule has 3 nitrogen and oxygen atoms in total. The van der Waals surface area contributed by atoms with E-state index in [0.29, 0.717) is 0 Å². The molecule has 1 aromatic rings. The Labute approximate surface area is 96.9 Å². The first-order chi connectivity index (χ1) is 7.64. The van der Waals surface area contributed by atoms with Crippen LogP contribution in [0.1, 0.15) is 18.4 Å². The topological polar surface area (TPSA) is 49.5 Å². The number of hydrogen-bond acceptors (Lipinski definition) is 3. The van der Waals surface area contributed by atoms with Gasteiger partial charge in [-0.3, -0.25) is 0 Å². The van der Waals surface area contributed by atoms with Crippen LogP contribution in [0.25, 0.3) is 0 Å². The molecular formula is C13H20N2O. The molecule has 0 aromatic heterocycles. The standard InChI is InChI=1S/C13H20N2O/c1-11-5-2-3-6-12(11)15-8-4-7-13(14,9-15)10-16/h2-3,5-6,16H,4,7-10,14H2,1H3. The molecule has 1 fully saturated rings. The van der Waals surface area contributed by atoms with E-state index < -0.39 is 5.54 Å². The number of nitrogens with zero attached hydrogens (tertiary/aromatic N) is 1. The SMILES string of the molecule is Cc1ccccc1N1CCCC(N)(CO)C1. The molecule has 3 N–H and O–H groups in total. The summed E-state index contributed by atoms with van der Waals surface area (Å²) in [6.45, 7) is 3.95. The first-order valence-electron chi connectivity index (χ1n) is 5.85. The summed E-state index contributed by atoms with van der Waals surface area (Å²) in [6, 6.07) is 8.33. The van der Waals surface area contributed by atoms with Gasteiger partial charge in [0.25, 0.3) is 0 Å². The van der Waals surface area contributed by atoms with Crippen LogP contribution >= 0.6 is 0 Å². The van der Waals surface area contributed by atoms with E-state index in [1.165, 1.54) is 11.3 Å². The molecule has 1 saturated heterocycles. The molecule has 88 valence electrons. The van der Waals surface area contributed by atoms with E-state index in [2.05, 4.69) is 24.0 Å². The number of piperidine rings is 1. The summed E-state index contributed by atoms with van der Waals surface area (Å²) in [5, 5.41) is 9.33. The number of aryl methyl sites for hydroxylation is 1. The highest BCUT2D eigenvalue weighted by Crippen LogP contribution is 2.26. The molecule has 16 heavy (non-hydrogen) atoms. The molecule has 0 radical (unpaired) electrons. The third kappa shape index (κ3) is 2.20. The maximum absolute atomic E-state index is 9.33. The number of aliphatic hydroxyl groups is 1. The zero-order valence-corrected chi connectivity index (χ0v) is 9.82. The van der Waals surface area contributed by atoms with Crippen LogP contribution in [0.5, 0.6) is 0 Å². The number of rotatable bonds is 2. The van der Waals surface area contributed by atoms with Crippen molar-refractivity contribution in [1.82, 2.24) is 0 Å². The van der Waals surface area contributed by atoms with Gasteiger partial charge in [-0.25, -0.2) is 0 Å². The molecule has 0 saturated carbocycles. The Balaban J connectivity index is 2.19. The monoisotopic (exact) mass is 220 g/mol. The van der Waals surface area contributed by atoms with Crippen molar-refractivity contribution in [1.29, 1.82) is 0 Å². The fraction of sp³-hybridized carbons (Fsp3) is 0.538. The maximum Gasteiger partial charge on any atom is 0.0628 e. The van der Waals surface area contributed by atoms with Crippen molar-refractivity contribution in [2.45, 2.75) is 25.3 Å². The van der Waals surface area contributed by atoms with Crippen LogP contribution in [0.3, 0.4) is 0 Å². The smallest absolute Gasteiger partial charge is 0.0628 e. The van der Waals surface area contributed by atoms with Crippen LogP contribution in [0.15, 0.2) is 24.3 Å². The van der Waals surface area contributed by atoms with Crippen molar-refractivity contribution in [3.05, 3.63) is 29.8 Å². The molecule has 0 amide bonds. The number of nitrogens with two attached hydrogens (primary N) is 1. The van der Waals surface area contributed by atoms with E-state index in [-0.39, 0.29) is 6.61 Å². The van der Waals surface area contributed by atoms with Gasteiger partial charge in [-0.15, -0.1) is 0 Å². The molecule has 1 aliphatic heterocycles. The molecule has 1 atom stereocenters. The predicted molar refractivity (Wildman–Crippen MR) is 66.6 cm³/mol. The van der Waals surface area contributed by atoms with Crippen LogP contribution in [0.2, 0.25) is 0 Å². The van der Waals surface area contributed by atoms with Gasteiger partial charge in [-0.1, -0.05) is 18.2 Å². The second-order valence-electron chi connectivity index (χ2n) is 4.83. The largest absolute Gasteiger partial charge is 0.394 e. The van der Waals surface area contributed by atoms with Gasteiger partial charge in [0.05, 0.1) is 12.1 Å². The summed E-state index contributed by atoms with van der Waals surface area (Å²) in [6.07, 6.45) is 1.96. The summed E-state index contributed by atoms with van der Waals surface area (Å²) < 4.78 is 0. The van der Waals surface area contributed by atoms with Gasteiger partial charge in [-0.2, -0.15) is 0 Å². The molecule has 3 heteroatoms. The summed E-state index contributed by atoms with van der Waals surface area (Å²) in [4.78, 5) is 2.29. The Kier molecular flexibility index (Phi) is 3.17. The summed E-state index contributed by atoms with van der Waals surface area (Å²) >= 11 is 0. The van der Waals surface area contributed by atoms with Crippen molar-refractivity contribution in [2.75, 3.05) is 24.6 Å². The average molecular weight is 220 g/mol. The Hall–Kier alpha value is -1.06. The van der Waals surface area contributed by atoms with E-state index in [1.54, 1.807) is 0 Å². The van der Waals surface area contributed by atoms with Crippen molar-refractivity contribution in [2.24, 2.45) is 5.73 Å². The lowest BCUT2D eigenvalue weighted by Gasteiger charge is -2.40. The first kappa shape index (κ1) is 11.4. The van der Waals surface area contributed by atoms with Gasteiger partial charge in [0, 0.05) is 18.8 Å². The van der Waals surface area contributed by atoms with Gasteiger partial charge in [0.2, 0.25) is 0 Å². The minimum absolute atomic E-state index is 0.0649. The Morgan fingerprint density at radius 2 is 2.19 bits per heavy atom. The van der Waals surface area contributed by atoms with E-state index in [9.17, 15) is 5.11 Å². The van der Waals surface area contributed by atoms with E-state index in [4.69, 9.17) is 5.73 Å². The van der Waals surface area contributed by atoms with E-state index in [0.717, 1.165) is 25.9 Å². The number of anilines is 1. The summed E-state index contributed by atoms with van der Waals surface area (Å²) in [5.74, 6) is 0. The minimum Gasteiger partial charge on any atom is -0.394 e. The zero-order valence-electron chi connectivity index (χ0n) is 9.82. The lowest BCUT2D eigenvalue weighted by Crippen LogP contribution is -2.56. The second kappa shape index (κ2) is 4.44. The van der Waals surface area contributed by atoms with Gasteiger partial charge >= 0.3 is 0 Å². The molecule has 2 rings (SSSR count). The van der Waals surface area contributed by atoms with Crippen LogP contribution in [-0.4, -0.2) is 30.3 Å². The highest BCUT2D eigenvalue weighted by atomic mass is 16.3. The number of aliphatic hydroxyl groups excluding tert-OH is 1. The third-order valence-corrected chi connectivity index (χ3v) is 3.38. The third-order valence-electron chi connectivity index (χ3n) is 3.38. The second-order valence-corrected chi connectivity index (χ2v) is 4.83. The van der Waals surface area contributed by atoms with Crippen molar-refractivity contribution in [3.63, 3.8) is 0 Å². The molecule has 1 heterocycles. The van der Waals surface area contributed by atoms with Gasteiger partial charge in [-0.05, 0) is 31.4 Å². The molecular weight excluding hydrogens is 200 g/mol. The van der Waals surface area contributed by atoms with Crippen LogP contribution in [-0.2, 0) is 0 Å².